The number of aromatic nitrogens is 1. The number of anilines is 1. The highest BCUT2D eigenvalue weighted by Gasteiger charge is 2.17. The number of hydrogen-bond donors (Lipinski definition) is 3. The summed E-state index contributed by atoms with van der Waals surface area (Å²) in [5.41, 5.74) is 3.03. The average molecular weight is 532 g/mol. The van der Waals surface area contributed by atoms with E-state index in [1.165, 1.54) is 0 Å². The average Bonchev–Trinajstić information content (AvgIpc) is 2.90. The Balaban J connectivity index is 1.32. The second-order valence-corrected chi connectivity index (χ2v) is 10.1. The van der Waals surface area contributed by atoms with Crippen molar-refractivity contribution in [2.45, 2.75) is 46.1 Å². The van der Waals surface area contributed by atoms with Crippen molar-refractivity contribution in [2.75, 3.05) is 18.4 Å². The van der Waals surface area contributed by atoms with E-state index in [9.17, 15) is 15.0 Å². The topological polar surface area (TPSA) is 85.7 Å². The first-order chi connectivity index (χ1) is 18.3. The van der Waals surface area contributed by atoms with Crippen molar-refractivity contribution in [3.8, 4) is 11.5 Å². The van der Waals surface area contributed by atoms with Gasteiger partial charge in [0.2, 0.25) is 5.91 Å². The number of aromatic hydroxyl groups is 2. The zero-order valence-corrected chi connectivity index (χ0v) is 22.8. The van der Waals surface area contributed by atoms with Gasteiger partial charge in [-0.05, 0) is 57.9 Å². The summed E-state index contributed by atoms with van der Waals surface area (Å²) in [6.45, 7) is 7.06. The van der Waals surface area contributed by atoms with Crippen LogP contribution in [0.5, 0.6) is 11.5 Å². The number of carbonyl (C=O) groups is 1. The van der Waals surface area contributed by atoms with Gasteiger partial charge in [0.15, 0.2) is 0 Å². The van der Waals surface area contributed by atoms with E-state index in [4.69, 9.17) is 11.6 Å². The Morgan fingerprint density at radius 1 is 1.08 bits per heavy atom. The molecule has 0 aliphatic heterocycles. The number of phenols is 2. The third-order valence-electron chi connectivity index (χ3n) is 6.81. The maximum atomic E-state index is 13.0. The van der Waals surface area contributed by atoms with Crippen LogP contribution in [-0.2, 0) is 4.79 Å². The molecule has 7 heteroatoms. The second kappa shape index (κ2) is 12.2. The Labute approximate surface area is 228 Å². The van der Waals surface area contributed by atoms with E-state index >= 15 is 0 Å². The van der Waals surface area contributed by atoms with E-state index in [1.54, 1.807) is 25.3 Å². The molecule has 0 bridgehead atoms. The molecule has 6 nitrogen and oxygen atoms in total. The fourth-order valence-corrected chi connectivity index (χ4v) is 4.89. The summed E-state index contributed by atoms with van der Waals surface area (Å²) in [5.74, 6) is 0.453. The van der Waals surface area contributed by atoms with Crippen LogP contribution in [0.2, 0.25) is 5.02 Å². The molecule has 0 spiro atoms. The molecule has 4 aromatic rings. The second-order valence-electron chi connectivity index (χ2n) is 9.70. The first-order valence-electron chi connectivity index (χ1n) is 12.9. The van der Waals surface area contributed by atoms with Crippen molar-refractivity contribution < 1.29 is 15.0 Å². The fraction of sp³-hybridized carbons (Fsp3) is 0.290. The van der Waals surface area contributed by atoms with Crippen molar-refractivity contribution in [1.82, 2.24) is 9.88 Å². The molecular weight excluding hydrogens is 498 g/mol. The molecule has 4 rings (SSSR count). The van der Waals surface area contributed by atoms with Gasteiger partial charge >= 0.3 is 0 Å². The maximum Gasteiger partial charge on any atom is 0.222 e. The lowest BCUT2D eigenvalue weighted by Gasteiger charge is -2.27. The zero-order valence-electron chi connectivity index (χ0n) is 22.0. The van der Waals surface area contributed by atoms with Crippen molar-refractivity contribution in [2.24, 2.45) is 0 Å². The lowest BCUT2D eigenvalue weighted by Crippen LogP contribution is -2.40. The van der Waals surface area contributed by atoms with Crippen LogP contribution >= 0.6 is 11.6 Å². The van der Waals surface area contributed by atoms with Gasteiger partial charge in [0.05, 0.1) is 5.52 Å². The summed E-state index contributed by atoms with van der Waals surface area (Å²) >= 11 is 6.09. The minimum absolute atomic E-state index is 0.0907. The van der Waals surface area contributed by atoms with Gasteiger partial charge in [-0.3, -0.25) is 9.78 Å². The van der Waals surface area contributed by atoms with E-state index in [0.29, 0.717) is 59.3 Å². The minimum atomic E-state index is 0.0907. The Morgan fingerprint density at radius 2 is 1.82 bits per heavy atom. The molecule has 0 saturated carbocycles. The molecule has 0 atom stereocenters. The molecule has 3 aromatic carbocycles. The summed E-state index contributed by atoms with van der Waals surface area (Å²) in [6, 6.07) is 14.9. The number of allylic oxidation sites excluding steroid dienone is 1. The quantitative estimate of drug-likeness (QED) is 0.148. The Morgan fingerprint density at radius 3 is 2.55 bits per heavy atom. The molecule has 198 valence electrons. The predicted octanol–water partition coefficient (Wildman–Crippen LogP) is 7.29. The van der Waals surface area contributed by atoms with Gasteiger partial charge in [-0.15, -0.1) is 0 Å². The first kappa shape index (κ1) is 27.3. The van der Waals surface area contributed by atoms with Crippen LogP contribution in [0.4, 0.5) is 5.69 Å². The fourth-order valence-electron chi connectivity index (χ4n) is 4.73. The Hall–Kier alpha value is -3.77. The summed E-state index contributed by atoms with van der Waals surface area (Å²) in [6.07, 6.45) is 7.35. The van der Waals surface area contributed by atoms with Gasteiger partial charge in [0.1, 0.15) is 11.5 Å². The SMILES string of the molecule is Cc1c(C=CCCCC(=O)N(CCNc2ccnc3cc(Cl)ccc23)C(C)C)c(O)c2ccccc2c1O. The third kappa shape index (κ3) is 6.03. The number of amides is 1. The molecule has 0 unspecified atom stereocenters. The molecule has 0 aliphatic rings. The zero-order chi connectivity index (χ0) is 27.2. The Bertz CT molecular complexity index is 1480. The normalized spacial score (nSPS) is 11.6. The number of carbonyl (C=O) groups excluding carboxylic acids is 1. The van der Waals surface area contributed by atoms with E-state index < -0.39 is 0 Å². The van der Waals surface area contributed by atoms with Gasteiger partial charge in [-0.2, -0.15) is 0 Å². The van der Waals surface area contributed by atoms with Gasteiger partial charge < -0.3 is 20.4 Å². The van der Waals surface area contributed by atoms with Crippen LogP contribution in [0.3, 0.4) is 0 Å². The number of rotatable bonds is 10. The molecule has 0 fully saturated rings. The molecular formula is C31H34ClN3O3. The van der Waals surface area contributed by atoms with Crippen LogP contribution in [-0.4, -0.2) is 45.1 Å². The molecule has 0 radical (unpaired) electrons. The van der Waals surface area contributed by atoms with Crippen LogP contribution in [0, 0.1) is 6.92 Å². The highest BCUT2D eigenvalue weighted by atomic mass is 35.5. The summed E-state index contributed by atoms with van der Waals surface area (Å²) < 4.78 is 0. The van der Waals surface area contributed by atoms with Crippen molar-refractivity contribution in [3.05, 3.63) is 77.0 Å². The van der Waals surface area contributed by atoms with E-state index in [0.717, 1.165) is 16.6 Å². The number of nitrogens with one attached hydrogen (secondary N) is 1. The largest absolute Gasteiger partial charge is 0.507 e. The van der Waals surface area contributed by atoms with Crippen LogP contribution in [0.15, 0.2) is 60.8 Å². The van der Waals surface area contributed by atoms with E-state index in [1.807, 2.05) is 67.3 Å². The molecule has 1 heterocycles. The minimum Gasteiger partial charge on any atom is -0.507 e. The number of pyridine rings is 1. The number of benzene rings is 3. The highest BCUT2D eigenvalue weighted by molar-refractivity contribution is 6.31. The van der Waals surface area contributed by atoms with Gasteiger partial charge in [-0.1, -0.05) is 48.0 Å². The number of halogens is 1. The summed E-state index contributed by atoms with van der Waals surface area (Å²) in [5, 5.41) is 27.6. The third-order valence-corrected chi connectivity index (χ3v) is 7.05. The lowest BCUT2D eigenvalue weighted by atomic mass is 9.98. The number of fused-ring (bicyclic) bond motifs is 2. The monoisotopic (exact) mass is 531 g/mol. The molecule has 0 saturated heterocycles. The number of hydrogen-bond acceptors (Lipinski definition) is 5. The molecule has 0 aliphatic carbocycles. The van der Waals surface area contributed by atoms with Crippen LogP contribution in [0.1, 0.15) is 44.2 Å². The maximum absolute atomic E-state index is 13.0. The molecule has 1 amide bonds. The van der Waals surface area contributed by atoms with E-state index in [2.05, 4.69) is 10.3 Å². The van der Waals surface area contributed by atoms with Crippen molar-refractivity contribution >= 4 is 50.9 Å². The number of phenolic OH excluding ortho intramolecular Hbond substituents is 2. The molecule has 3 N–H and O–H groups in total. The van der Waals surface area contributed by atoms with Crippen molar-refractivity contribution in [3.63, 3.8) is 0 Å². The number of nitrogens with zero attached hydrogens (tertiary/aromatic N) is 2. The molecule has 38 heavy (non-hydrogen) atoms. The highest BCUT2D eigenvalue weighted by Crippen LogP contribution is 2.39. The first-order valence-corrected chi connectivity index (χ1v) is 13.3. The Kier molecular flexibility index (Phi) is 8.74. The molecule has 1 aromatic heterocycles. The lowest BCUT2D eigenvalue weighted by molar-refractivity contribution is -0.132. The number of unbranched alkanes of at least 4 members (excludes halogenated alkanes) is 1. The standard InChI is InChI=1S/C31H34ClN3O3/c1-20(2)35(18-17-34-27-15-16-33-28-19-22(32)13-14-26(27)28)29(36)12-6-4-5-9-23-21(3)30(37)24-10-7-8-11-25(24)31(23)38/h5,7-11,13-16,19-20,37-38H,4,6,12,17-18H2,1-3H3,(H,33,34). The van der Waals surface area contributed by atoms with Crippen LogP contribution < -0.4 is 5.32 Å². The van der Waals surface area contributed by atoms with Gasteiger partial charge in [-0.25, -0.2) is 0 Å². The summed E-state index contributed by atoms with van der Waals surface area (Å²) in [4.78, 5) is 19.3. The van der Waals surface area contributed by atoms with Gasteiger partial charge in [0, 0.05) is 69.7 Å². The van der Waals surface area contributed by atoms with Crippen molar-refractivity contribution in [1.29, 1.82) is 0 Å². The summed E-state index contributed by atoms with van der Waals surface area (Å²) in [7, 11) is 0. The van der Waals surface area contributed by atoms with Crippen LogP contribution in [0.25, 0.3) is 27.8 Å². The van der Waals surface area contributed by atoms with E-state index in [-0.39, 0.29) is 23.4 Å². The predicted molar refractivity (Wildman–Crippen MR) is 157 cm³/mol. The van der Waals surface area contributed by atoms with Gasteiger partial charge in [0.25, 0.3) is 0 Å². The smallest absolute Gasteiger partial charge is 0.222 e.